The van der Waals surface area contributed by atoms with Gasteiger partial charge >= 0.3 is 5.97 Å². The van der Waals surface area contributed by atoms with Crippen LogP contribution in [-0.2, 0) is 14.4 Å². The van der Waals surface area contributed by atoms with Gasteiger partial charge in [-0.2, -0.15) is 0 Å². The number of carbonyl (C=O) groups is 3. The van der Waals surface area contributed by atoms with Crippen LogP contribution < -0.4 is 5.32 Å². The standard InChI is InChI=1S/C17H29NO4/c19-13-14-9-7-8-10-15(14)18-16(20)11-5-3-1-2-4-6-12-17(21)22/h13-15H,1-12H2,(H,18,20)(H,21,22). The maximum Gasteiger partial charge on any atom is 0.303 e. The Morgan fingerprint density at radius 2 is 1.55 bits per heavy atom. The summed E-state index contributed by atoms with van der Waals surface area (Å²) in [5.74, 6) is -0.676. The summed E-state index contributed by atoms with van der Waals surface area (Å²) in [6.45, 7) is 0. The van der Waals surface area contributed by atoms with Gasteiger partial charge in [0.2, 0.25) is 5.91 Å². The van der Waals surface area contributed by atoms with Gasteiger partial charge in [0.1, 0.15) is 6.29 Å². The second-order valence-corrected chi connectivity index (χ2v) is 6.27. The van der Waals surface area contributed by atoms with E-state index in [9.17, 15) is 14.4 Å². The average Bonchev–Trinajstić information content (AvgIpc) is 2.50. The minimum atomic E-state index is -0.729. The fourth-order valence-corrected chi connectivity index (χ4v) is 3.05. The van der Waals surface area contributed by atoms with Crippen LogP contribution in [0, 0.1) is 5.92 Å². The number of hydrogen-bond acceptors (Lipinski definition) is 3. The molecule has 2 N–H and O–H groups in total. The Morgan fingerprint density at radius 1 is 0.955 bits per heavy atom. The van der Waals surface area contributed by atoms with E-state index in [1.54, 1.807) is 0 Å². The van der Waals surface area contributed by atoms with Gasteiger partial charge in [-0.25, -0.2) is 0 Å². The molecule has 22 heavy (non-hydrogen) atoms. The minimum absolute atomic E-state index is 0.00747. The molecule has 0 heterocycles. The van der Waals surface area contributed by atoms with Crippen molar-refractivity contribution in [1.82, 2.24) is 5.32 Å². The summed E-state index contributed by atoms with van der Waals surface area (Å²) < 4.78 is 0. The van der Waals surface area contributed by atoms with Crippen molar-refractivity contribution in [3.8, 4) is 0 Å². The van der Waals surface area contributed by atoms with E-state index in [1.165, 1.54) is 0 Å². The van der Waals surface area contributed by atoms with E-state index in [4.69, 9.17) is 5.11 Å². The van der Waals surface area contributed by atoms with Crippen molar-refractivity contribution in [2.75, 3.05) is 0 Å². The molecule has 1 saturated carbocycles. The maximum atomic E-state index is 11.9. The third kappa shape index (κ3) is 8.15. The molecule has 1 aliphatic carbocycles. The normalized spacial score (nSPS) is 21.3. The monoisotopic (exact) mass is 311 g/mol. The summed E-state index contributed by atoms with van der Waals surface area (Å²) in [6.07, 6.45) is 11.4. The largest absolute Gasteiger partial charge is 0.481 e. The Morgan fingerprint density at radius 3 is 2.18 bits per heavy atom. The molecule has 2 atom stereocenters. The lowest BCUT2D eigenvalue weighted by Gasteiger charge is -2.28. The summed E-state index contributed by atoms with van der Waals surface area (Å²) in [7, 11) is 0. The molecule has 0 aromatic carbocycles. The molecule has 1 rings (SSSR count). The fraction of sp³-hybridized carbons (Fsp3) is 0.824. The van der Waals surface area contributed by atoms with Crippen molar-refractivity contribution in [2.45, 2.75) is 83.1 Å². The molecule has 0 aliphatic heterocycles. The van der Waals surface area contributed by atoms with Crippen LogP contribution in [-0.4, -0.2) is 29.3 Å². The second-order valence-electron chi connectivity index (χ2n) is 6.27. The summed E-state index contributed by atoms with van der Waals surface area (Å²) in [4.78, 5) is 33.2. The Labute approximate surface area is 132 Å². The van der Waals surface area contributed by atoms with E-state index < -0.39 is 5.97 Å². The smallest absolute Gasteiger partial charge is 0.303 e. The van der Waals surface area contributed by atoms with Gasteiger partial charge < -0.3 is 15.2 Å². The molecule has 5 heteroatoms. The van der Waals surface area contributed by atoms with Crippen molar-refractivity contribution < 1.29 is 19.5 Å². The predicted octanol–water partition coefficient (Wildman–Crippen LogP) is 3.07. The molecule has 0 aromatic heterocycles. The first-order valence-corrected chi connectivity index (χ1v) is 8.60. The van der Waals surface area contributed by atoms with E-state index in [-0.39, 0.29) is 24.3 Å². The van der Waals surface area contributed by atoms with Gasteiger partial charge in [-0.05, 0) is 25.7 Å². The van der Waals surface area contributed by atoms with E-state index in [0.29, 0.717) is 6.42 Å². The second kappa shape index (κ2) is 11.2. The number of carbonyl (C=O) groups excluding carboxylic acids is 2. The topological polar surface area (TPSA) is 83.5 Å². The Kier molecular flexibility index (Phi) is 9.51. The summed E-state index contributed by atoms with van der Waals surface area (Å²) >= 11 is 0. The third-order valence-electron chi connectivity index (χ3n) is 4.39. The quantitative estimate of drug-likeness (QED) is 0.454. The van der Waals surface area contributed by atoms with Gasteiger partial charge in [0.15, 0.2) is 0 Å². The van der Waals surface area contributed by atoms with Gasteiger partial charge in [0, 0.05) is 24.8 Å². The molecule has 2 unspecified atom stereocenters. The number of unbranched alkanes of at least 4 members (excludes halogenated alkanes) is 5. The van der Waals surface area contributed by atoms with Gasteiger partial charge in [0.05, 0.1) is 0 Å². The van der Waals surface area contributed by atoms with Crippen LogP contribution in [0.25, 0.3) is 0 Å². The Balaban J connectivity index is 2.01. The summed E-state index contributed by atoms with van der Waals surface area (Å²) in [6, 6.07) is 0.0368. The molecular formula is C17H29NO4. The van der Waals surface area contributed by atoms with Crippen LogP contribution in [0.5, 0.6) is 0 Å². The molecule has 5 nitrogen and oxygen atoms in total. The highest BCUT2D eigenvalue weighted by Gasteiger charge is 2.25. The molecule has 1 amide bonds. The van der Waals surface area contributed by atoms with Gasteiger partial charge in [-0.15, -0.1) is 0 Å². The maximum absolute atomic E-state index is 11.9. The minimum Gasteiger partial charge on any atom is -0.481 e. The van der Waals surface area contributed by atoms with E-state index in [1.807, 2.05) is 0 Å². The first-order chi connectivity index (χ1) is 10.6. The van der Waals surface area contributed by atoms with Crippen molar-refractivity contribution in [2.24, 2.45) is 5.92 Å². The van der Waals surface area contributed by atoms with Crippen LogP contribution in [0.15, 0.2) is 0 Å². The van der Waals surface area contributed by atoms with Crippen molar-refractivity contribution >= 4 is 18.2 Å². The number of carboxylic acid groups (broad SMARTS) is 1. The van der Waals surface area contributed by atoms with Crippen LogP contribution in [0.4, 0.5) is 0 Å². The molecular weight excluding hydrogens is 282 g/mol. The summed E-state index contributed by atoms with van der Waals surface area (Å²) in [5.41, 5.74) is 0. The molecule has 1 aliphatic rings. The number of rotatable bonds is 11. The Hall–Kier alpha value is -1.39. The van der Waals surface area contributed by atoms with E-state index in [0.717, 1.165) is 70.5 Å². The van der Waals surface area contributed by atoms with Gasteiger partial charge in [-0.1, -0.05) is 38.5 Å². The van der Waals surface area contributed by atoms with E-state index >= 15 is 0 Å². The molecule has 0 bridgehead atoms. The highest BCUT2D eigenvalue weighted by molar-refractivity contribution is 5.76. The number of hydrogen-bond donors (Lipinski definition) is 2. The Bertz CT molecular complexity index is 357. The number of nitrogens with one attached hydrogen (secondary N) is 1. The fourth-order valence-electron chi connectivity index (χ4n) is 3.05. The van der Waals surface area contributed by atoms with Crippen LogP contribution in [0.2, 0.25) is 0 Å². The zero-order valence-electron chi connectivity index (χ0n) is 13.4. The molecule has 0 spiro atoms. The average molecular weight is 311 g/mol. The van der Waals surface area contributed by atoms with E-state index in [2.05, 4.69) is 5.32 Å². The highest BCUT2D eigenvalue weighted by Crippen LogP contribution is 2.22. The highest BCUT2D eigenvalue weighted by atomic mass is 16.4. The summed E-state index contributed by atoms with van der Waals surface area (Å²) in [5, 5.41) is 11.5. The van der Waals surface area contributed by atoms with Gasteiger partial charge in [-0.3, -0.25) is 9.59 Å². The third-order valence-corrected chi connectivity index (χ3v) is 4.39. The zero-order valence-corrected chi connectivity index (χ0v) is 13.4. The first kappa shape index (κ1) is 18.7. The van der Waals surface area contributed by atoms with Crippen LogP contribution in [0.3, 0.4) is 0 Å². The van der Waals surface area contributed by atoms with Crippen molar-refractivity contribution in [3.63, 3.8) is 0 Å². The molecule has 126 valence electrons. The van der Waals surface area contributed by atoms with Gasteiger partial charge in [0.25, 0.3) is 0 Å². The molecule has 0 aromatic rings. The zero-order chi connectivity index (χ0) is 16.2. The lowest BCUT2D eigenvalue weighted by Crippen LogP contribution is -2.42. The van der Waals surface area contributed by atoms with Crippen LogP contribution >= 0.6 is 0 Å². The van der Waals surface area contributed by atoms with Crippen molar-refractivity contribution in [3.05, 3.63) is 0 Å². The molecule has 1 fully saturated rings. The molecule has 0 saturated heterocycles. The predicted molar refractivity (Wildman–Crippen MR) is 84.5 cm³/mol. The van der Waals surface area contributed by atoms with Crippen molar-refractivity contribution in [1.29, 1.82) is 0 Å². The number of amides is 1. The van der Waals surface area contributed by atoms with Crippen LogP contribution in [0.1, 0.15) is 77.0 Å². The molecule has 0 radical (unpaired) electrons. The number of aliphatic carboxylic acids is 1. The lowest BCUT2D eigenvalue weighted by molar-refractivity contribution is -0.137. The first-order valence-electron chi connectivity index (χ1n) is 8.60. The SMILES string of the molecule is O=CC1CCCCC1NC(=O)CCCCCCCCC(=O)O. The lowest BCUT2D eigenvalue weighted by atomic mass is 9.85. The number of aldehydes is 1. The number of carboxylic acids is 1.